The molecule has 0 spiro atoms. The van der Waals surface area contributed by atoms with E-state index in [9.17, 15) is 9.90 Å². The Bertz CT molecular complexity index is 890. The normalized spacial score (nSPS) is 19.1. The van der Waals surface area contributed by atoms with Crippen molar-refractivity contribution in [2.24, 2.45) is 5.92 Å². The number of hydrogen-bond acceptors (Lipinski definition) is 3. The number of aliphatic carboxylic acids is 1. The molecule has 2 aliphatic heterocycles. The van der Waals surface area contributed by atoms with Gasteiger partial charge in [0.1, 0.15) is 6.04 Å². The zero-order valence-corrected chi connectivity index (χ0v) is 20.2. The number of aryl methyl sites for hydroxylation is 1. The summed E-state index contributed by atoms with van der Waals surface area (Å²) in [4.78, 5) is 16.2. The van der Waals surface area contributed by atoms with Gasteiger partial charge in [-0.25, -0.2) is 0 Å². The average Bonchev–Trinajstić information content (AvgIpc) is 3.03. The zero-order valence-electron chi connectivity index (χ0n) is 20.2. The molecule has 178 valence electrons. The highest BCUT2D eigenvalue weighted by Crippen LogP contribution is 2.26. The van der Waals surface area contributed by atoms with Crippen LogP contribution in [-0.4, -0.2) is 53.1 Å². The van der Waals surface area contributed by atoms with E-state index in [1.54, 1.807) is 5.56 Å². The summed E-state index contributed by atoms with van der Waals surface area (Å²) in [5.74, 6) is 0.0854. The Hall–Kier alpha value is -2.17. The van der Waals surface area contributed by atoms with Crippen molar-refractivity contribution in [3.8, 4) is 0 Å². The van der Waals surface area contributed by atoms with Crippen LogP contribution in [0.15, 0.2) is 48.5 Å². The Kier molecular flexibility index (Phi) is 8.57. The second kappa shape index (κ2) is 11.8. The van der Waals surface area contributed by atoms with Crippen LogP contribution in [0, 0.1) is 5.92 Å². The van der Waals surface area contributed by atoms with Crippen LogP contribution >= 0.6 is 0 Å². The minimum atomic E-state index is -0.664. The van der Waals surface area contributed by atoms with Crippen LogP contribution in [0.2, 0.25) is 0 Å². The summed E-state index contributed by atoms with van der Waals surface area (Å²) in [7, 11) is 0. The molecule has 4 rings (SSSR count). The number of hydrogen-bond donors (Lipinski definition) is 1. The number of carboxylic acids is 1. The van der Waals surface area contributed by atoms with Gasteiger partial charge >= 0.3 is 5.97 Å². The van der Waals surface area contributed by atoms with Crippen LogP contribution in [0.3, 0.4) is 0 Å². The fourth-order valence-corrected chi connectivity index (χ4v) is 5.72. The first-order valence-electron chi connectivity index (χ1n) is 13.0. The minimum Gasteiger partial charge on any atom is -0.480 e. The summed E-state index contributed by atoms with van der Waals surface area (Å²) in [6, 6.07) is 17.7. The van der Waals surface area contributed by atoms with E-state index in [2.05, 4.69) is 58.3 Å². The molecule has 4 nitrogen and oxygen atoms in total. The van der Waals surface area contributed by atoms with Crippen LogP contribution < -0.4 is 0 Å². The Balaban J connectivity index is 1.22. The van der Waals surface area contributed by atoms with E-state index in [0.29, 0.717) is 6.42 Å². The number of carbonyl (C=O) groups is 1. The predicted molar refractivity (Wildman–Crippen MR) is 135 cm³/mol. The maximum atomic E-state index is 11.4. The molecule has 1 N–H and O–H groups in total. The van der Waals surface area contributed by atoms with Gasteiger partial charge in [0.25, 0.3) is 0 Å². The standard InChI is InChI=1S/C29H40N2O2/c1-2-28(29(32)33)31-19-13-23(14-20-31)9-6-10-24-11-12-26-15-17-30(18-16-27(26)21-24)22-25-7-4-3-5-8-25/h3-5,7-8,11-12,21,23,28H,2,6,9-10,13-20,22H2,1H3,(H,32,33). The molecule has 0 amide bonds. The van der Waals surface area contributed by atoms with Gasteiger partial charge in [0.15, 0.2) is 0 Å². The van der Waals surface area contributed by atoms with E-state index >= 15 is 0 Å². The highest BCUT2D eigenvalue weighted by atomic mass is 16.4. The van der Waals surface area contributed by atoms with Gasteiger partial charge in [-0.15, -0.1) is 0 Å². The van der Waals surface area contributed by atoms with Gasteiger partial charge in [-0.1, -0.05) is 61.9 Å². The molecule has 33 heavy (non-hydrogen) atoms. The van der Waals surface area contributed by atoms with Crippen LogP contribution in [-0.2, 0) is 30.6 Å². The summed E-state index contributed by atoms with van der Waals surface area (Å²) in [6.07, 6.45) is 8.94. The highest BCUT2D eigenvalue weighted by Gasteiger charge is 2.28. The highest BCUT2D eigenvalue weighted by molar-refractivity contribution is 5.73. The molecule has 2 heterocycles. The molecule has 0 radical (unpaired) electrons. The smallest absolute Gasteiger partial charge is 0.320 e. The fraction of sp³-hybridized carbons (Fsp3) is 0.552. The first kappa shape index (κ1) is 24.0. The average molecular weight is 449 g/mol. The summed E-state index contributed by atoms with van der Waals surface area (Å²) in [6.45, 7) is 7.18. The Morgan fingerprint density at radius 3 is 2.39 bits per heavy atom. The van der Waals surface area contributed by atoms with Crippen molar-refractivity contribution >= 4 is 5.97 Å². The third-order valence-corrected chi connectivity index (χ3v) is 7.75. The molecule has 2 aromatic rings. The van der Waals surface area contributed by atoms with E-state index in [0.717, 1.165) is 70.7 Å². The van der Waals surface area contributed by atoms with Gasteiger partial charge in [-0.05, 0) is 86.2 Å². The van der Waals surface area contributed by atoms with E-state index in [-0.39, 0.29) is 6.04 Å². The summed E-state index contributed by atoms with van der Waals surface area (Å²) in [5, 5.41) is 9.40. The Morgan fingerprint density at radius 2 is 1.70 bits per heavy atom. The van der Waals surface area contributed by atoms with Gasteiger partial charge < -0.3 is 5.11 Å². The van der Waals surface area contributed by atoms with Gasteiger partial charge in [0.05, 0.1) is 0 Å². The summed E-state index contributed by atoms with van der Waals surface area (Å²) >= 11 is 0. The number of nitrogens with zero attached hydrogens (tertiary/aromatic N) is 2. The largest absolute Gasteiger partial charge is 0.480 e. The van der Waals surface area contributed by atoms with Crippen molar-refractivity contribution in [2.45, 2.75) is 70.9 Å². The topological polar surface area (TPSA) is 43.8 Å². The molecule has 1 unspecified atom stereocenters. The molecular formula is C29H40N2O2. The molecule has 2 aliphatic rings. The van der Waals surface area contributed by atoms with Crippen LogP contribution in [0.1, 0.15) is 61.3 Å². The van der Waals surface area contributed by atoms with Gasteiger partial charge in [0, 0.05) is 19.6 Å². The number of rotatable bonds is 9. The molecule has 1 fully saturated rings. The van der Waals surface area contributed by atoms with E-state index in [1.165, 1.54) is 29.5 Å². The number of piperidine rings is 1. The van der Waals surface area contributed by atoms with Gasteiger partial charge in [-0.3, -0.25) is 14.6 Å². The van der Waals surface area contributed by atoms with Crippen LogP contribution in [0.5, 0.6) is 0 Å². The lowest BCUT2D eigenvalue weighted by Crippen LogP contribution is -2.45. The first-order valence-corrected chi connectivity index (χ1v) is 13.0. The van der Waals surface area contributed by atoms with Crippen molar-refractivity contribution < 1.29 is 9.90 Å². The number of fused-ring (bicyclic) bond motifs is 1. The van der Waals surface area contributed by atoms with Crippen molar-refractivity contribution in [2.75, 3.05) is 26.2 Å². The number of carboxylic acid groups (broad SMARTS) is 1. The first-order chi connectivity index (χ1) is 16.1. The second-order valence-electron chi connectivity index (χ2n) is 10.00. The van der Waals surface area contributed by atoms with Gasteiger partial charge in [0.2, 0.25) is 0 Å². The van der Waals surface area contributed by atoms with E-state index < -0.39 is 5.97 Å². The molecule has 4 heteroatoms. The monoisotopic (exact) mass is 448 g/mol. The molecule has 0 aliphatic carbocycles. The molecule has 1 saturated heterocycles. The molecule has 0 saturated carbocycles. The van der Waals surface area contributed by atoms with Crippen LogP contribution in [0.4, 0.5) is 0 Å². The van der Waals surface area contributed by atoms with Crippen LogP contribution in [0.25, 0.3) is 0 Å². The number of likely N-dealkylation sites (tertiary alicyclic amines) is 1. The quantitative estimate of drug-likeness (QED) is 0.574. The van der Waals surface area contributed by atoms with E-state index in [4.69, 9.17) is 0 Å². The van der Waals surface area contributed by atoms with Crippen molar-refractivity contribution in [3.63, 3.8) is 0 Å². The van der Waals surface area contributed by atoms with Gasteiger partial charge in [-0.2, -0.15) is 0 Å². The lowest BCUT2D eigenvalue weighted by molar-refractivity contribution is -0.144. The third kappa shape index (κ3) is 6.68. The molecular weight excluding hydrogens is 408 g/mol. The lowest BCUT2D eigenvalue weighted by Gasteiger charge is -2.35. The summed E-state index contributed by atoms with van der Waals surface area (Å²) in [5.41, 5.74) is 5.98. The molecule has 1 atom stereocenters. The minimum absolute atomic E-state index is 0.297. The Morgan fingerprint density at radius 1 is 0.970 bits per heavy atom. The third-order valence-electron chi connectivity index (χ3n) is 7.75. The maximum Gasteiger partial charge on any atom is 0.320 e. The molecule has 2 aromatic carbocycles. The van der Waals surface area contributed by atoms with Crippen molar-refractivity contribution in [1.82, 2.24) is 9.80 Å². The predicted octanol–water partition coefficient (Wildman–Crippen LogP) is 5.19. The fourth-order valence-electron chi connectivity index (χ4n) is 5.72. The summed E-state index contributed by atoms with van der Waals surface area (Å²) < 4.78 is 0. The lowest BCUT2D eigenvalue weighted by atomic mass is 9.89. The second-order valence-corrected chi connectivity index (χ2v) is 10.00. The van der Waals surface area contributed by atoms with Crippen molar-refractivity contribution in [3.05, 3.63) is 70.8 Å². The SMILES string of the molecule is CCC(C(=O)O)N1CCC(CCCc2ccc3c(c2)CCN(Cc2ccccc2)CC3)CC1. The van der Waals surface area contributed by atoms with Crippen molar-refractivity contribution in [1.29, 1.82) is 0 Å². The van der Waals surface area contributed by atoms with E-state index in [1.807, 2.05) is 6.92 Å². The zero-order chi connectivity index (χ0) is 23.0. The molecule has 0 aromatic heterocycles. The number of benzene rings is 2. The molecule has 0 bridgehead atoms. The Labute approximate surface area is 199 Å². The maximum absolute atomic E-state index is 11.4.